The fourth-order valence-electron chi connectivity index (χ4n) is 1.67. The standard InChI is InChI=1S/C15H16ClNS/c16-15-4-2-1-3-13(15)11-18-10-9-12-5-7-14(17)8-6-12/h1-8H,9-11,17H2. The average molecular weight is 278 g/mol. The summed E-state index contributed by atoms with van der Waals surface area (Å²) in [6, 6.07) is 16.1. The van der Waals surface area contributed by atoms with Crippen molar-refractivity contribution < 1.29 is 0 Å². The van der Waals surface area contributed by atoms with Gasteiger partial charge in [0.15, 0.2) is 0 Å². The molecule has 0 spiro atoms. The van der Waals surface area contributed by atoms with Gasteiger partial charge in [-0.25, -0.2) is 0 Å². The first kappa shape index (κ1) is 13.3. The van der Waals surface area contributed by atoms with Crippen molar-refractivity contribution in [2.24, 2.45) is 0 Å². The molecule has 0 saturated carbocycles. The highest BCUT2D eigenvalue weighted by Crippen LogP contribution is 2.21. The second kappa shape index (κ2) is 6.72. The van der Waals surface area contributed by atoms with Gasteiger partial charge in [0.25, 0.3) is 0 Å². The first-order chi connectivity index (χ1) is 8.75. The molecule has 0 aliphatic rings. The molecule has 2 aromatic carbocycles. The minimum Gasteiger partial charge on any atom is -0.399 e. The van der Waals surface area contributed by atoms with E-state index in [0.29, 0.717) is 0 Å². The van der Waals surface area contributed by atoms with Crippen LogP contribution in [0.1, 0.15) is 11.1 Å². The number of halogens is 1. The first-order valence-electron chi connectivity index (χ1n) is 5.91. The Hall–Kier alpha value is -1.12. The van der Waals surface area contributed by atoms with Crippen LogP contribution in [0.15, 0.2) is 48.5 Å². The summed E-state index contributed by atoms with van der Waals surface area (Å²) in [4.78, 5) is 0. The summed E-state index contributed by atoms with van der Waals surface area (Å²) in [7, 11) is 0. The summed E-state index contributed by atoms with van der Waals surface area (Å²) in [5.41, 5.74) is 9.02. The van der Waals surface area contributed by atoms with Crippen LogP contribution in [-0.2, 0) is 12.2 Å². The highest BCUT2D eigenvalue weighted by molar-refractivity contribution is 7.98. The third-order valence-corrected chi connectivity index (χ3v) is 4.11. The van der Waals surface area contributed by atoms with Crippen LogP contribution in [0.3, 0.4) is 0 Å². The summed E-state index contributed by atoms with van der Waals surface area (Å²) in [5.74, 6) is 2.06. The maximum Gasteiger partial charge on any atom is 0.0446 e. The number of anilines is 1. The summed E-state index contributed by atoms with van der Waals surface area (Å²) in [5, 5.41) is 0.859. The molecule has 1 nitrogen and oxygen atoms in total. The monoisotopic (exact) mass is 277 g/mol. The van der Waals surface area contributed by atoms with Crippen LogP contribution in [0, 0.1) is 0 Å². The van der Waals surface area contributed by atoms with Crippen LogP contribution in [0.2, 0.25) is 5.02 Å². The van der Waals surface area contributed by atoms with Gasteiger partial charge in [-0.1, -0.05) is 41.9 Å². The molecule has 2 aromatic rings. The maximum atomic E-state index is 6.11. The number of benzene rings is 2. The minimum absolute atomic E-state index is 0.822. The summed E-state index contributed by atoms with van der Waals surface area (Å²) < 4.78 is 0. The van der Waals surface area contributed by atoms with Crippen LogP contribution in [0.25, 0.3) is 0 Å². The summed E-state index contributed by atoms with van der Waals surface area (Å²) in [6.45, 7) is 0. The van der Waals surface area contributed by atoms with Crippen molar-refractivity contribution in [3.63, 3.8) is 0 Å². The average Bonchev–Trinajstić information content (AvgIpc) is 2.39. The topological polar surface area (TPSA) is 26.0 Å². The van der Waals surface area contributed by atoms with Crippen molar-refractivity contribution >= 4 is 29.1 Å². The molecule has 0 bridgehead atoms. The Labute approximate surface area is 117 Å². The van der Waals surface area contributed by atoms with Gasteiger partial charge < -0.3 is 5.73 Å². The van der Waals surface area contributed by atoms with E-state index in [1.165, 1.54) is 11.1 Å². The third-order valence-electron chi connectivity index (χ3n) is 2.73. The van der Waals surface area contributed by atoms with E-state index >= 15 is 0 Å². The number of nitrogen functional groups attached to an aromatic ring is 1. The molecular weight excluding hydrogens is 262 g/mol. The lowest BCUT2D eigenvalue weighted by atomic mass is 10.2. The van der Waals surface area contributed by atoms with Crippen molar-refractivity contribution in [1.29, 1.82) is 0 Å². The predicted octanol–water partition coefficient (Wildman–Crippen LogP) is 4.40. The Morgan fingerprint density at radius 2 is 1.72 bits per heavy atom. The normalized spacial score (nSPS) is 10.5. The largest absolute Gasteiger partial charge is 0.399 e. The zero-order valence-corrected chi connectivity index (χ0v) is 11.7. The fraction of sp³-hybridized carbons (Fsp3) is 0.200. The van der Waals surface area contributed by atoms with E-state index in [-0.39, 0.29) is 0 Å². The second-order valence-corrected chi connectivity index (χ2v) is 5.65. The Kier molecular flexibility index (Phi) is 4.97. The van der Waals surface area contributed by atoms with E-state index in [4.69, 9.17) is 17.3 Å². The quantitative estimate of drug-likeness (QED) is 0.648. The molecule has 0 aromatic heterocycles. The van der Waals surface area contributed by atoms with E-state index in [9.17, 15) is 0 Å². The number of thioether (sulfide) groups is 1. The van der Waals surface area contributed by atoms with Gasteiger partial charge in [-0.05, 0) is 41.5 Å². The Balaban J connectivity index is 1.76. The van der Waals surface area contributed by atoms with Gasteiger partial charge in [-0.15, -0.1) is 0 Å². The third kappa shape index (κ3) is 3.97. The highest BCUT2D eigenvalue weighted by Gasteiger charge is 1.99. The van der Waals surface area contributed by atoms with E-state index in [1.807, 2.05) is 42.1 Å². The van der Waals surface area contributed by atoms with Crippen molar-refractivity contribution in [2.45, 2.75) is 12.2 Å². The number of hydrogen-bond acceptors (Lipinski definition) is 2. The van der Waals surface area contributed by atoms with Crippen molar-refractivity contribution in [1.82, 2.24) is 0 Å². The van der Waals surface area contributed by atoms with Gasteiger partial charge >= 0.3 is 0 Å². The SMILES string of the molecule is Nc1ccc(CCSCc2ccccc2Cl)cc1. The smallest absolute Gasteiger partial charge is 0.0446 e. The molecule has 0 atom stereocenters. The molecule has 0 aliphatic heterocycles. The van der Waals surface area contributed by atoms with Crippen LogP contribution < -0.4 is 5.73 Å². The number of rotatable bonds is 5. The summed E-state index contributed by atoms with van der Waals surface area (Å²) in [6.07, 6.45) is 1.06. The molecule has 0 fully saturated rings. The van der Waals surface area contributed by atoms with Gasteiger partial charge in [0.1, 0.15) is 0 Å². The molecule has 2 N–H and O–H groups in total. The van der Waals surface area contributed by atoms with Gasteiger partial charge in [-0.3, -0.25) is 0 Å². The van der Waals surface area contributed by atoms with E-state index in [0.717, 1.165) is 28.6 Å². The van der Waals surface area contributed by atoms with Gasteiger partial charge in [0.2, 0.25) is 0 Å². The van der Waals surface area contributed by atoms with E-state index in [2.05, 4.69) is 18.2 Å². The van der Waals surface area contributed by atoms with Gasteiger partial charge in [-0.2, -0.15) is 11.8 Å². The lowest BCUT2D eigenvalue weighted by molar-refractivity contribution is 1.15. The number of aryl methyl sites for hydroxylation is 1. The predicted molar refractivity (Wildman–Crippen MR) is 82.2 cm³/mol. The molecule has 0 unspecified atom stereocenters. The Morgan fingerprint density at radius 3 is 2.44 bits per heavy atom. The first-order valence-corrected chi connectivity index (χ1v) is 7.44. The minimum atomic E-state index is 0.822. The second-order valence-electron chi connectivity index (χ2n) is 4.14. The van der Waals surface area contributed by atoms with Crippen molar-refractivity contribution in [3.05, 3.63) is 64.7 Å². The Bertz CT molecular complexity index is 496. The van der Waals surface area contributed by atoms with Crippen LogP contribution >= 0.6 is 23.4 Å². The molecule has 0 amide bonds. The van der Waals surface area contributed by atoms with Crippen LogP contribution in [0.5, 0.6) is 0 Å². The van der Waals surface area contributed by atoms with Crippen molar-refractivity contribution in [3.8, 4) is 0 Å². The van der Waals surface area contributed by atoms with Crippen LogP contribution in [0.4, 0.5) is 5.69 Å². The number of nitrogens with two attached hydrogens (primary N) is 1. The molecule has 0 saturated heterocycles. The van der Waals surface area contributed by atoms with Crippen molar-refractivity contribution in [2.75, 3.05) is 11.5 Å². The molecule has 18 heavy (non-hydrogen) atoms. The molecule has 0 heterocycles. The lowest BCUT2D eigenvalue weighted by Gasteiger charge is -2.04. The zero-order valence-electron chi connectivity index (χ0n) is 10.1. The molecule has 0 aliphatic carbocycles. The lowest BCUT2D eigenvalue weighted by Crippen LogP contribution is -1.91. The van der Waals surface area contributed by atoms with Gasteiger partial charge in [0, 0.05) is 16.5 Å². The highest BCUT2D eigenvalue weighted by atomic mass is 35.5. The zero-order chi connectivity index (χ0) is 12.8. The molecule has 3 heteroatoms. The van der Waals surface area contributed by atoms with Gasteiger partial charge in [0.05, 0.1) is 0 Å². The van der Waals surface area contributed by atoms with E-state index < -0.39 is 0 Å². The molecule has 0 radical (unpaired) electrons. The maximum absolute atomic E-state index is 6.11. The number of hydrogen-bond donors (Lipinski definition) is 1. The molecule has 94 valence electrons. The Morgan fingerprint density at radius 1 is 1.00 bits per heavy atom. The summed E-state index contributed by atoms with van der Waals surface area (Å²) >= 11 is 8.01. The molecular formula is C15H16ClNS. The fourth-order valence-corrected chi connectivity index (χ4v) is 2.95. The molecule has 2 rings (SSSR count). The van der Waals surface area contributed by atoms with E-state index in [1.54, 1.807) is 0 Å². The van der Waals surface area contributed by atoms with Crippen LogP contribution in [-0.4, -0.2) is 5.75 Å².